The molecule has 3 nitrogen and oxygen atoms in total. The highest BCUT2D eigenvalue weighted by Gasteiger charge is 2.20. The van der Waals surface area contributed by atoms with Crippen molar-refractivity contribution in [1.82, 2.24) is 10.6 Å². The lowest BCUT2D eigenvalue weighted by molar-refractivity contribution is -0.124. The lowest BCUT2D eigenvalue weighted by atomic mass is 9.97. The summed E-state index contributed by atoms with van der Waals surface area (Å²) < 4.78 is 0. The van der Waals surface area contributed by atoms with Crippen molar-refractivity contribution in [2.45, 2.75) is 67.2 Å². The van der Waals surface area contributed by atoms with Gasteiger partial charge in [-0.2, -0.15) is 0 Å². The number of hydrogen-bond donors (Lipinski definition) is 2. The van der Waals surface area contributed by atoms with E-state index < -0.39 is 0 Å². The number of thioether (sulfide) groups is 1. The van der Waals surface area contributed by atoms with Gasteiger partial charge in [-0.05, 0) is 87.4 Å². The van der Waals surface area contributed by atoms with Crippen molar-refractivity contribution in [3.63, 3.8) is 0 Å². The van der Waals surface area contributed by atoms with Crippen LogP contribution < -0.4 is 10.6 Å². The number of nitrogens with one attached hydrogen (secondary N) is 2. The molecule has 0 aliphatic carbocycles. The first-order valence-electron chi connectivity index (χ1n) is 11.3. The summed E-state index contributed by atoms with van der Waals surface area (Å²) in [6.45, 7) is 14.4. The average Bonchev–Trinajstić information content (AvgIpc) is 2.74. The molecule has 0 atom stereocenters. The van der Waals surface area contributed by atoms with E-state index in [0.717, 1.165) is 43.6 Å². The molecule has 1 fully saturated rings. The molecule has 166 valence electrons. The van der Waals surface area contributed by atoms with Crippen LogP contribution in [0.4, 0.5) is 0 Å². The fourth-order valence-electron chi connectivity index (χ4n) is 3.12. The Morgan fingerprint density at radius 1 is 1.23 bits per heavy atom. The Kier molecular flexibility index (Phi) is 13.2. The second-order valence-electron chi connectivity index (χ2n) is 7.67. The Hall–Kier alpha value is -1.78. The van der Waals surface area contributed by atoms with Crippen LogP contribution in [0.15, 0.2) is 41.5 Å². The van der Waals surface area contributed by atoms with Crippen molar-refractivity contribution in [3.05, 3.63) is 58.1 Å². The van der Waals surface area contributed by atoms with Crippen LogP contribution in [-0.4, -0.2) is 19.0 Å². The quantitative estimate of drug-likeness (QED) is 0.496. The molecule has 1 aromatic carbocycles. The molecular weight excluding hydrogens is 388 g/mol. The van der Waals surface area contributed by atoms with Crippen molar-refractivity contribution in [2.75, 3.05) is 13.1 Å². The molecule has 2 N–H and O–H groups in total. The Balaban J connectivity index is 0.00000141. The molecule has 2 rings (SSSR count). The summed E-state index contributed by atoms with van der Waals surface area (Å²) in [5.41, 5.74) is 4.46. The Bertz CT molecular complexity index is 743. The monoisotopic (exact) mass is 428 g/mol. The van der Waals surface area contributed by atoms with Gasteiger partial charge < -0.3 is 10.6 Å². The van der Waals surface area contributed by atoms with E-state index >= 15 is 0 Å². The van der Waals surface area contributed by atoms with Crippen molar-refractivity contribution in [3.8, 4) is 0 Å². The van der Waals surface area contributed by atoms with Gasteiger partial charge in [0.05, 0.1) is 0 Å². The largest absolute Gasteiger partial charge is 0.330 e. The van der Waals surface area contributed by atoms with Crippen LogP contribution in [0.25, 0.3) is 11.0 Å². The van der Waals surface area contributed by atoms with Gasteiger partial charge in [-0.25, -0.2) is 0 Å². The fraction of sp³-hybridized carbons (Fsp3) is 0.500. The molecule has 0 aromatic heterocycles. The zero-order valence-corrected chi connectivity index (χ0v) is 20.5. The molecule has 1 saturated heterocycles. The van der Waals surface area contributed by atoms with Crippen LogP contribution in [0.2, 0.25) is 0 Å². The zero-order valence-electron chi connectivity index (χ0n) is 19.7. The molecule has 1 aromatic rings. The number of piperidine rings is 1. The minimum atomic E-state index is 0.124. The highest BCUT2D eigenvalue weighted by Crippen LogP contribution is 2.30. The summed E-state index contributed by atoms with van der Waals surface area (Å²) in [5, 5.41) is 8.55. The molecule has 0 bridgehead atoms. The van der Waals surface area contributed by atoms with E-state index in [0.29, 0.717) is 0 Å². The van der Waals surface area contributed by atoms with Gasteiger partial charge in [0.15, 0.2) is 0 Å². The number of carbonyl (C=O) groups excluding carboxylic acids is 1. The van der Waals surface area contributed by atoms with E-state index in [9.17, 15) is 4.79 Å². The first kappa shape index (κ1) is 26.3. The fourth-order valence-corrected chi connectivity index (χ4v) is 3.95. The van der Waals surface area contributed by atoms with Gasteiger partial charge in [-0.1, -0.05) is 63.2 Å². The smallest absolute Gasteiger partial charge is 0.227 e. The first-order chi connectivity index (χ1) is 14.5. The summed E-state index contributed by atoms with van der Waals surface area (Å²) in [5.74, 6) is 0.270. The molecule has 0 radical (unpaired) electrons. The molecule has 1 aliphatic rings. The highest BCUT2D eigenvalue weighted by atomic mass is 32.2. The van der Waals surface area contributed by atoms with Gasteiger partial charge in [0.2, 0.25) is 5.91 Å². The minimum absolute atomic E-state index is 0.124. The lowest BCUT2D eigenvalue weighted by Crippen LogP contribution is -2.37. The van der Waals surface area contributed by atoms with Gasteiger partial charge in [-0.3, -0.25) is 4.79 Å². The van der Waals surface area contributed by atoms with Crippen molar-refractivity contribution in [1.29, 1.82) is 0 Å². The molecule has 0 spiro atoms. The van der Waals surface area contributed by atoms with Crippen LogP contribution in [0.5, 0.6) is 0 Å². The number of hydrogen-bond acceptors (Lipinski definition) is 3. The molecule has 1 heterocycles. The van der Waals surface area contributed by atoms with Crippen LogP contribution >= 0.6 is 11.8 Å². The summed E-state index contributed by atoms with van der Waals surface area (Å²) >= 11 is 1.75. The van der Waals surface area contributed by atoms with Gasteiger partial charge >= 0.3 is 0 Å². The number of rotatable bonds is 7. The van der Waals surface area contributed by atoms with Crippen molar-refractivity contribution < 1.29 is 4.79 Å². The Morgan fingerprint density at radius 3 is 2.50 bits per heavy atom. The third-order valence-corrected chi connectivity index (χ3v) is 5.81. The number of carbonyl (C=O) groups is 1. The van der Waals surface area contributed by atoms with Crippen molar-refractivity contribution >= 4 is 28.7 Å². The summed E-state index contributed by atoms with van der Waals surface area (Å²) in [4.78, 5) is 13.7. The van der Waals surface area contributed by atoms with Crippen LogP contribution in [-0.2, 0) is 4.79 Å². The van der Waals surface area contributed by atoms with Gasteiger partial charge in [0.25, 0.3) is 0 Å². The van der Waals surface area contributed by atoms with E-state index in [1.54, 1.807) is 11.8 Å². The van der Waals surface area contributed by atoms with Gasteiger partial charge in [0.1, 0.15) is 0 Å². The molecular formula is C26H40N2OS. The Labute approximate surface area is 188 Å². The maximum atomic E-state index is 12.5. The number of amides is 1. The van der Waals surface area contributed by atoms with Crippen LogP contribution in [0.1, 0.15) is 77.0 Å². The summed E-state index contributed by atoms with van der Waals surface area (Å²) in [7, 11) is 0. The zero-order chi connectivity index (χ0) is 22.4. The number of benzene rings is 1. The first-order valence-corrected chi connectivity index (χ1v) is 12.1. The third kappa shape index (κ3) is 9.36. The molecule has 1 amide bonds. The van der Waals surface area contributed by atoms with Crippen LogP contribution in [0.3, 0.4) is 0 Å². The predicted octanol–water partition coefficient (Wildman–Crippen LogP) is 6.91. The second kappa shape index (κ2) is 15.1. The van der Waals surface area contributed by atoms with Gasteiger partial charge in [-0.15, -0.1) is 0 Å². The standard InChI is InChI=1S/C23H32N2OS.C3H8/c1-5-7-14-27-22(6-2)20-9-8-17(3)21(16-20)15-18(4)25-23(26)19-10-12-24-13-11-19;1-3-2/h6-9,14-16,19,24H,5,10-13H2,1-4H3,(H,25,26);3H2,1-2H3/b14-7+,18-15+,22-6-;. The summed E-state index contributed by atoms with van der Waals surface area (Å²) in [6.07, 6.45) is 10.5. The van der Waals surface area contributed by atoms with Crippen LogP contribution in [0, 0.1) is 12.8 Å². The molecule has 0 unspecified atom stereocenters. The predicted molar refractivity (Wildman–Crippen MR) is 135 cm³/mol. The lowest BCUT2D eigenvalue weighted by Gasteiger charge is -2.22. The molecule has 1 aliphatic heterocycles. The number of aryl methyl sites for hydroxylation is 1. The Morgan fingerprint density at radius 2 is 1.90 bits per heavy atom. The topological polar surface area (TPSA) is 41.1 Å². The maximum Gasteiger partial charge on any atom is 0.227 e. The molecule has 30 heavy (non-hydrogen) atoms. The summed E-state index contributed by atoms with van der Waals surface area (Å²) in [6, 6.07) is 6.52. The van der Waals surface area contributed by atoms with Gasteiger partial charge in [0, 0.05) is 16.5 Å². The second-order valence-corrected chi connectivity index (χ2v) is 8.62. The van der Waals surface area contributed by atoms with Crippen molar-refractivity contribution in [2.24, 2.45) is 5.92 Å². The molecule has 0 saturated carbocycles. The number of allylic oxidation sites excluding steroid dienone is 3. The third-order valence-electron chi connectivity index (χ3n) is 4.76. The van der Waals surface area contributed by atoms with E-state index in [-0.39, 0.29) is 11.8 Å². The van der Waals surface area contributed by atoms with E-state index in [1.807, 2.05) is 6.92 Å². The molecule has 4 heteroatoms. The average molecular weight is 429 g/mol. The minimum Gasteiger partial charge on any atom is -0.330 e. The highest BCUT2D eigenvalue weighted by molar-refractivity contribution is 8.10. The van der Waals surface area contributed by atoms with E-state index in [1.165, 1.54) is 22.5 Å². The maximum absolute atomic E-state index is 12.5. The van der Waals surface area contributed by atoms with E-state index in [4.69, 9.17) is 0 Å². The SMILES string of the molecule is C/C=C(\S/C=C/CC)c1ccc(C)c(/C=C(\C)NC(=O)C2CCNCC2)c1.CCC. The normalized spacial score (nSPS) is 15.7. The van der Waals surface area contributed by atoms with E-state index in [2.05, 4.69) is 87.1 Å².